The molecule has 3 rings (SSSR count). The first-order valence-electron chi connectivity index (χ1n) is 6.15. The molecule has 2 aromatic heterocycles. The molecule has 2 nitrogen and oxygen atoms in total. The van der Waals surface area contributed by atoms with Crippen LogP contribution in [0.3, 0.4) is 0 Å². The van der Waals surface area contributed by atoms with E-state index in [1.165, 1.54) is 39.7 Å². The zero-order valence-electron chi connectivity index (χ0n) is 9.90. The molecule has 0 saturated heterocycles. The molecule has 17 heavy (non-hydrogen) atoms. The summed E-state index contributed by atoms with van der Waals surface area (Å²) in [6.45, 7) is 3.19. The Labute approximate surface area is 110 Å². The molecule has 0 saturated carbocycles. The lowest BCUT2D eigenvalue weighted by atomic mass is 9.98. The monoisotopic (exact) mass is 264 g/mol. The fourth-order valence-corrected chi connectivity index (χ4v) is 4.33. The molecule has 1 aliphatic rings. The fraction of sp³-hybridized carbons (Fsp3) is 0.462. The molecule has 1 aliphatic carbocycles. The second-order valence-electron chi connectivity index (χ2n) is 4.31. The van der Waals surface area contributed by atoms with Gasteiger partial charge in [-0.05, 0) is 37.3 Å². The van der Waals surface area contributed by atoms with Crippen molar-refractivity contribution in [2.75, 3.05) is 6.54 Å². The number of nitrogens with zero attached hydrogens (tertiary/aromatic N) is 1. The van der Waals surface area contributed by atoms with Gasteiger partial charge in [0.15, 0.2) is 0 Å². The van der Waals surface area contributed by atoms with Crippen LogP contribution < -0.4 is 5.32 Å². The summed E-state index contributed by atoms with van der Waals surface area (Å²) in [4.78, 5) is 7.66. The summed E-state index contributed by atoms with van der Waals surface area (Å²) in [5.74, 6) is 0. The third-order valence-corrected chi connectivity index (χ3v) is 5.31. The molecule has 0 amide bonds. The van der Waals surface area contributed by atoms with E-state index in [0.717, 1.165) is 6.54 Å². The Balaban J connectivity index is 1.96. The summed E-state index contributed by atoms with van der Waals surface area (Å²) in [7, 11) is 0. The first kappa shape index (κ1) is 11.4. The maximum atomic E-state index is 4.86. The van der Waals surface area contributed by atoms with Crippen LogP contribution >= 0.6 is 22.7 Å². The quantitative estimate of drug-likeness (QED) is 0.910. The summed E-state index contributed by atoms with van der Waals surface area (Å²) in [6.07, 6.45) is 3.73. The molecule has 0 aliphatic heterocycles. The Hall–Kier alpha value is -0.710. The molecule has 0 fully saturated rings. The molecule has 2 aromatic rings. The number of aromatic nitrogens is 1. The van der Waals surface area contributed by atoms with Crippen LogP contribution in [-0.2, 0) is 6.42 Å². The summed E-state index contributed by atoms with van der Waals surface area (Å²) >= 11 is 3.66. The predicted octanol–water partition coefficient (Wildman–Crippen LogP) is 3.86. The van der Waals surface area contributed by atoms with Gasteiger partial charge < -0.3 is 5.32 Å². The lowest BCUT2D eigenvalue weighted by Crippen LogP contribution is -2.24. The van der Waals surface area contributed by atoms with Crippen molar-refractivity contribution in [1.82, 2.24) is 10.3 Å². The highest BCUT2D eigenvalue weighted by Crippen LogP contribution is 2.38. The van der Waals surface area contributed by atoms with Crippen LogP contribution in [0.15, 0.2) is 17.5 Å². The van der Waals surface area contributed by atoms with Crippen LogP contribution in [0.5, 0.6) is 0 Å². The van der Waals surface area contributed by atoms with Crippen molar-refractivity contribution in [3.63, 3.8) is 0 Å². The van der Waals surface area contributed by atoms with Gasteiger partial charge in [-0.25, -0.2) is 4.98 Å². The first-order chi connectivity index (χ1) is 8.38. The summed E-state index contributed by atoms with van der Waals surface area (Å²) in [5, 5.41) is 6.87. The summed E-state index contributed by atoms with van der Waals surface area (Å²) in [6, 6.07) is 4.74. The third-order valence-electron chi connectivity index (χ3n) is 3.14. The lowest BCUT2D eigenvalue weighted by molar-refractivity contribution is 0.465. The van der Waals surface area contributed by atoms with E-state index < -0.39 is 0 Å². The molecule has 0 radical (unpaired) electrons. The van der Waals surface area contributed by atoms with Gasteiger partial charge in [-0.15, -0.1) is 22.7 Å². The SMILES string of the molecule is CCNC1CCCc2sc(-c3cccs3)nc21. The average molecular weight is 264 g/mol. The van der Waals surface area contributed by atoms with E-state index in [9.17, 15) is 0 Å². The molecule has 1 N–H and O–H groups in total. The number of thiophene rings is 1. The number of hydrogen-bond acceptors (Lipinski definition) is 4. The maximum absolute atomic E-state index is 4.86. The topological polar surface area (TPSA) is 24.9 Å². The number of aryl methyl sites for hydroxylation is 1. The first-order valence-corrected chi connectivity index (χ1v) is 7.85. The van der Waals surface area contributed by atoms with Crippen molar-refractivity contribution in [2.45, 2.75) is 32.2 Å². The highest BCUT2D eigenvalue weighted by atomic mass is 32.1. The van der Waals surface area contributed by atoms with Crippen molar-refractivity contribution in [1.29, 1.82) is 0 Å². The van der Waals surface area contributed by atoms with Gasteiger partial charge in [0, 0.05) is 4.88 Å². The van der Waals surface area contributed by atoms with Crippen molar-refractivity contribution < 1.29 is 0 Å². The van der Waals surface area contributed by atoms with Gasteiger partial charge >= 0.3 is 0 Å². The van der Waals surface area contributed by atoms with Gasteiger partial charge in [0.2, 0.25) is 0 Å². The minimum absolute atomic E-state index is 0.480. The Morgan fingerprint density at radius 1 is 1.53 bits per heavy atom. The van der Waals surface area contributed by atoms with Gasteiger partial charge in [-0.1, -0.05) is 13.0 Å². The van der Waals surface area contributed by atoms with Gasteiger partial charge in [0.1, 0.15) is 5.01 Å². The van der Waals surface area contributed by atoms with Crippen LogP contribution in [0.2, 0.25) is 0 Å². The van der Waals surface area contributed by atoms with E-state index in [4.69, 9.17) is 4.98 Å². The fourth-order valence-electron chi connectivity index (χ4n) is 2.37. The van der Waals surface area contributed by atoms with Gasteiger partial charge in [0.05, 0.1) is 16.6 Å². The molecule has 1 atom stereocenters. The normalized spacial score (nSPS) is 19.2. The van der Waals surface area contributed by atoms with Gasteiger partial charge in [0.25, 0.3) is 0 Å². The van der Waals surface area contributed by atoms with Crippen LogP contribution in [0.1, 0.15) is 36.4 Å². The second kappa shape index (κ2) is 4.88. The summed E-state index contributed by atoms with van der Waals surface area (Å²) < 4.78 is 0. The molecule has 90 valence electrons. The highest BCUT2D eigenvalue weighted by molar-refractivity contribution is 7.21. The van der Waals surface area contributed by atoms with E-state index in [1.54, 1.807) is 11.3 Å². The van der Waals surface area contributed by atoms with Crippen LogP contribution in [0.25, 0.3) is 9.88 Å². The van der Waals surface area contributed by atoms with Crippen molar-refractivity contribution >= 4 is 22.7 Å². The molecule has 2 heterocycles. The molecule has 4 heteroatoms. The van der Waals surface area contributed by atoms with Crippen LogP contribution in [0.4, 0.5) is 0 Å². The Bertz CT molecular complexity index is 487. The Morgan fingerprint density at radius 3 is 3.24 bits per heavy atom. The molecule has 0 spiro atoms. The van der Waals surface area contributed by atoms with Crippen molar-refractivity contribution in [2.24, 2.45) is 0 Å². The number of fused-ring (bicyclic) bond motifs is 1. The van der Waals surface area contributed by atoms with E-state index in [-0.39, 0.29) is 0 Å². The van der Waals surface area contributed by atoms with Gasteiger partial charge in [-0.3, -0.25) is 0 Å². The van der Waals surface area contributed by atoms with Crippen LogP contribution in [0, 0.1) is 0 Å². The zero-order valence-corrected chi connectivity index (χ0v) is 11.5. The zero-order chi connectivity index (χ0) is 11.7. The van der Waals surface area contributed by atoms with Gasteiger partial charge in [-0.2, -0.15) is 0 Å². The standard InChI is InChI=1S/C13H16N2S2/c1-2-14-9-5-3-6-10-12(9)15-13(17-10)11-7-4-8-16-11/h4,7-9,14H,2-3,5-6H2,1H3. The molecule has 0 bridgehead atoms. The smallest absolute Gasteiger partial charge is 0.133 e. The minimum Gasteiger partial charge on any atom is -0.309 e. The van der Waals surface area contributed by atoms with E-state index in [1.807, 2.05) is 11.3 Å². The van der Waals surface area contributed by atoms with E-state index in [2.05, 4.69) is 29.8 Å². The van der Waals surface area contributed by atoms with E-state index >= 15 is 0 Å². The minimum atomic E-state index is 0.480. The average Bonchev–Trinajstić information content (AvgIpc) is 2.98. The molecule has 0 aromatic carbocycles. The molecular formula is C13H16N2S2. The largest absolute Gasteiger partial charge is 0.309 e. The number of nitrogens with one attached hydrogen (secondary N) is 1. The van der Waals surface area contributed by atoms with Crippen LogP contribution in [-0.4, -0.2) is 11.5 Å². The number of thiazole rings is 1. The number of rotatable bonds is 3. The lowest BCUT2D eigenvalue weighted by Gasteiger charge is -2.21. The van der Waals surface area contributed by atoms with E-state index in [0.29, 0.717) is 6.04 Å². The Kier molecular flexibility index (Phi) is 3.27. The Morgan fingerprint density at radius 2 is 2.47 bits per heavy atom. The van der Waals surface area contributed by atoms with Crippen molar-refractivity contribution in [3.8, 4) is 9.88 Å². The predicted molar refractivity (Wildman–Crippen MR) is 74.8 cm³/mol. The van der Waals surface area contributed by atoms with Crippen molar-refractivity contribution in [3.05, 3.63) is 28.1 Å². The second-order valence-corrected chi connectivity index (χ2v) is 6.34. The summed E-state index contributed by atoms with van der Waals surface area (Å²) in [5.41, 5.74) is 1.31. The molecule has 1 unspecified atom stereocenters. The molecular weight excluding hydrogens is 248 g/mol. The number of hydrogen-bond donors (Lipinski definition) is 1. The highest BCUT2D eigenvalue weighted by Gasteiger charge is 2.24. The maximum Gasteiger partial charge on any atom is 0.133 e. The third kappa shape index (κ3) is 2.17.